The fourth-order valence-electron chi connectivity index (χ4n) is 6.83. The number of halogens is 12. The molecule has 6 rings (SSSR count). The third-order valence-corrected chi connectivity index (χ3v) is 13.8. The zero-order valence-corrected chi connectivity index (χ0v) is 56.1. The van der Waals surface area contributed by atoms with Gasteiger partial charge in [0, 0.05) is 82.0 Å². The van der Waals surface area contributed by atoms with Crippen molar-refractivity contribution in [3.8, 4) is 0 Å². The Labute approximate surface area is 511 Å². The predicted octanol–water partition coefficient (Wildman–Crippen LogP) is 18.2. The topological polar surface area (TPSA) is 141 Å². The van der Waals surface area contributed by atoms with Crippen LogP contribution in [0.4, 0.5) is 53.4 Å². The van der Waals surface area contributed by atoms with Crippen LogP contribution in [0.2, 0.25) is 0 Å². The van der Waals surface area contributed by atoms with Crippen LogP contribution in [0.1, 0.15) is 160 Å². The number of likely N-dealkylation sites (tertiary alicyclic amines) is 1. The van der Waals surface area contributed by atoms with E-state index in [4.69, 9.17) is 41.4 Å². The van der Waals surface area contributed by atoms with Crippen LogP contribution in [-0.2, 0) is 52.3 Å². The van der Waals surface area contributed by atoms with Crippen LogP contribution in [0, 0.1) is 33.4 Å². The summed E-state index contributed by atoms with van der Waals surface area (Å²) in [4.78, 5) is 35.7. The normalized spacial score (nSPS) is 13.1. The van der Waals surface area contributed by atoms with Crippen molar-refractivity contribution < 1.29 is 80.9 Å². The molecule has 25 heteroatoms. The van der Waals surface area contributed by atoms with Crippen molar-refractivity contribution in [2.75, 3.05) is 39.0 Å². The van der Waals surface area contributed by atoms with Crippen LogP contribution >= 0.6 is 11.8 Å². The second-order valence-corrected chi connectivity index (χ2v) is 29.3. The molecule has 4 aromatic rings. The number of amides is 2. The highest BCUT2D eigenvalue weighted by molar-refractivity contribution is 8.03. The van der Waals surface area contributed by atoms with Gasteiger partial charge in [-0.2, -0.15) is 13.2 Å². The van der Waals surface area contributed by atoms with Crippen molar-refractivity contribution in [2.45, 2.75) is 181 Å². The lowest BCUT2D eigenvalue weighted by Gasteiger charge is -2.33. The standard InChI is InChI=1S/C12H19S.C10H10F4.2C10H14.C8H13NO2.C8H15NS.CHF3O3S.CH3F.CH3NO2.2F2/c1-12(2,3)10-6-8-11(9-7-10)13(4)5;1-10(2,3)7-8(13)5(11)4-6(12)9(7)14;2*1-10(2,3)9-7-5-4-6-8-9;1-8(2,3)9-6(10)4-5-7(9)11;1-7-9(5-6-10-7)8(2,3)4;2-1(3,4)8(5,6)7;1-2;1-2(3)4;2*1-2/h6-9H,1-5H3;4H,1-3H3;2*4-8H,1-3H3;4-5H2,1-3H3;1,5-6H2,2-4H3;(H,5,6,7);1H3;1H3;;/q+1;;;;;;;;;;/p-1. The molecule has 0 N–H and O–H groups in total. The van der Waals surface area contributed by atoms with Gasteiger partial charge >= 0.3 is 5.51 Å². The maximum absolute atomic E-state index is 13.2. The van der Waals surface area contributed by atoms with E-state index < -0.39 is 54.8 Å². The number of carbonyl (C=O) groups excluding carboxylic acids is 2. The minimum Gasteiger partial charge on any atom is -0.741 e. The highest BCUT2D eigenvalue weighted by Crippen LogP contribution is 2.33. The number of rotatable bonds is 1. The van der Waals surface area contributed by atoms with Crippen molar-refractivity contribution in [3.05, 3.63) is 158 Å². The lowest BCUT2D eigenvalue weighted by molar-refractivity contribution is -0.445. The summed E-state index contributed by atoms with van der Waals surface area (Å²) < 4.78 is 152. The molecule has 10 nitrogen and oxygen atoms in total. The lowest BCUT2D eigenvalue weighted by atomic mass is 9.86. The van der Waals surface area contributed by atoms with Gasteiger partial charge in [0.15, 0.2) is 45.3 Å². The number of carbonyl (C=O) groups is 2. The van der Waals surface area contributed by atoms with E-state index in [0.29, 0.717) is 41.7 Å². The molecule has 2 aliphatic rings. The van der Waals surface area contributed by atoms with Crippen molar-refractivity contribution in [3.63, 3.8) is 0 Å². The third kappa shape index (κ3) is 37.4. The first kappa shape index (κ1) is 89.5. The zero-order valence-electron chi connectivity index (χ0n) is 53.7. The average molecular weight is 1300 g/mol. The smallest absolute Gasteiger partial charge is 0.485 e. The first-order valence-corrected chi connectivity index (χ1v) is 30.6. The number of hydrogen-bond acceptors (Lipinski definition) is 9. The minimum atomic E-state index is -6.09. The molecule has 86 heavy (non-hydrogen) atoms. The largest absolute Gasteiger partial charge is 0.741 e. The minimum absolute atomic E-state index is 0.0394. The number of nitrogens with zero attached hydrogens (tertiary/aromatic N) is 3. The third-order valence-electron chi connectivity index (χ3n) is 11.0. The van der Waals surface area contributed by atoms with E-state index in [9.17, 15) is 44.7 Å². The fraction of sp³-hybridized carbons (Fsp3) is 0.541. The van der Waals surface area contributed by atoms with E-state index in [2.05, 4.69) is 192 Å². The van der Waals surface area contributed by atoms with Gasteiger partial charge in [-0.1, -0.05) is 162 Å². The summed E-state index contributed by atoms with van der Waals surface area (Å²) in [6.07, 6.45) is 5.28. The molecule has 0 aromatic heterocycles. The highest BCUT2D eigenvalue weighted by Gasteiger charge is 2.38. The monoisotopic (exact) mass is 1300 g/mol. The Morgan fingerprint density at radius 3 is 1.03 bits per heavy atom. The van der Waals surface area contributed by atoms with E-state index >= 15 is 0 Å². The SMILES string of the molecule is C=C1SCCN1C(C)(C)C.CC(C)(C)N1C(=O)CCC1=O.CC(C)(C)c1c(F)c(F)cc(F)c1F.CC(C)(C)c1ccccc1.CC(C)(C)c1ccccc1.CF.C[N+](=O)[O-].C[S+](C)c1ccc(C(C)(C)C)cc1.FF.FF.O=S(=O)([O-])C(F)(F)F. The molecule has 494 valence electrons. The summed E-state index contributed by atoms with van der Waals surface area (Å²) in [5, 5.41) is 10.0. The van der Waals surface area contributed by atoms with Crippen LogP contribution in [0.5, 0.6) is 0 Å². The Hall–Kier alpha value is -5.27. The number of benzene rings is 4. The summed E-state index contributed by atoms with van der Waals surface area (Å²) in [7, 11) is -4.32. The summed E-state index contributed by atoms with van der Waals surface area (Å²) in [6, 6.07) is 30.3. The van der Waals surface area contributed by atoms with Crippen molar-refractivity contribution >= 4 is 44.6 Å². The molecular formula is C61H91F12N3O7S3. The molecule has 2 saturated heterocycles. The summed E-state index contributed by atoms with van der Waals surface area (Å²) in [6.45, 7) is 42.0. The Morgan fingerprint density at radius 1 is 0.570 bits per heavy atom. The van der Waals surface area contributed by atoms with Crippen LogP contribution in [0.3, 0.4) is 0 Å². The molecule has 0 unspecified atom stereocenters. The van der Waals surface area contributed by atoms with E-state index in [1.54, 1.807) is 0 Å². The van der Waals surface area contributed by atoms with Crippen LogP contribution < -0.4 is 0 Å². The zero-order chi connectivity index (χ0) is 69.4. The highest BCUT2D eigenvalue weighted by atomic mass is 32.2. The van der Waals surface area contributed by atoms with E-state index in [-0.39, 0.29) is 34.4 Å². The molecule has 0 aliphatic carbocycles. The molecule has 0 bridgehead atoms. The lowest BCUT2D eigenvalue weighted by Crippen LogP contribution is -2.44. The summed E-state index contributed by atoms with van der Waals surface area (Å²) in [5.41, 5.74) is -2.18. The molecule has 2 aliphatic heterocycles. The van der Waals surface area contributed by atoms with Gasteiger partial charge in [0.1, 0.15) is 12.5 Å². The Kier molecular flexibility index (Phi) is 41.9. The van der Waals surface area contributed by atoms with E-state index in [1.165, 1.54) is 58.0 Å². The quantitative estimate of drug-likeness (QED) is 0.0266. The van der Waals surface area contributed by atoms with Crippen molar-refractivity contribution in [1.82, 2.24) is 9.80 Å². The van der Waals surface area contributed by atoms with E-state index in [1.807, 2.05) is 32.5 Å². The molecule has 2 amide bonds. The number of nitro groups is 1. The first-order valence-electron chi connectivity index (χ1n) is 26.1. The molecule has 0 radical (unpaired) electrons. The van der Waals surface area contributed by atoms with Gasteiger partial charge < -0.3 is 9.45 Å². The van der Waals surface area contributed by atoms with Gasteiger partial charge in [0.25, 0.3) is 0 Å². The van der Waals surface area contributed by atoms with Crippen LogP contribution in [0.15, 0.2) is 107 Å². The molecule has 0 spiro atoms. The number of imide groups is 1. The number of thioether (sulfide) groups is 1. The van der Waals surface area contributed by atoms with Crippen LogP contribution in [0.25, 0.3) is 0 Å². The maximum atomic E-state index is 13.2. The van der Waals surface area contributed by atoms with Gasteiger partial charge in [-0.25, -0.2) is 26.0 Å². The van der Waals surface area contributed by atoms with Gasteiger partial charge in [-0.05, 0) is 92.0 Å². The molecular weight excluding hydrogens is 1210 g/mol. The number of alkyl halides is 4. The second kappa shape index (κ2) is 40.3. The fourth-order valence-corrected chi connectivity index (χ4v) is 8.54. The molecule has 2 heterocycles. The molecule has 2 fully saturated rings. The van der Waals surface area contributed by atoms with Crippen molar-refractivity contribution in [2.24, 2.45) is 0 Å². The summed E-state index contributed by atoms with van der Waals surface area (Å²) in [5.74, 6) is -4.25. The Morgan fingerprint density at radius 2 is 0.860 bits per heavy atom. The van der Waals surface area contributed by atoms with Gasteiger partial charge in [0.05, 0.1) is 12.2 Å². The second-order valence-electron chi connectivity index (χ2n) is 24.6. The Bertz CT molecular complexity index is 2590. The maximum Gasteiger partial charge on any atom is 0.485 e. The summed E-state index contributed by atoms with van der Waals surface area (Å²) >= 11 is 1.86. The van der Waals surface area contributed by atoms with Crippen molar-refractivity contribution in [1.29, 1.82) is 0 Å². The Balaban J connectivity index is -0.000000291. The van der Waals surface area contributed by atoms with Crippen LogP contribution in [-0.4, -0.2) is 95.1 Å². The molecule has 0 saturated carbocycles. The van der Waals surface area contributed by atoms with Gasteiger partial charge in [0.2, 0.25) is 11.8 Å². The average Bonchev–Trinajstić information content (AvgIpc) is 1.73. The first-order chi connectivity index (χ1) is 38.8. The predicted molar refractivity (Wildman–Crippen MR) is 327 cm³/mol. The molecule has 0 atom stereocenters. The van der Waals surface area contributed by atoms with Gasteiger partial charge in [-0.3, -0.25) is 29.0 Å². The van der Waals surface area contributed by atoms with Gasteiger partial charge in [-0.15, -0.1) is 11.8 Å². The van der Waals surface area contributed by atoms with E-state index in [0.717, 1.165) is 13.6 Å². The number of hydrogen-bond donors (Lipinski definition) is 0. The molecule has 4 aromatic carbocycles.